The van der Waals surface area contributed by atoms with Gasteiger partial charge >= 0.3 is 0 Å². The smallest absolute Gasteiger partial charge is 0.0640 e. The van der Waals surface area contributed by atoms with Gasteiger partial charge in [-0.1, -0.05) is 35.3 Å². The van der Waals surface area contributed by atoms with Gasteiger partial charge in [0.15, 0.2) is 0 Å². The molecule has 2 rings (SSSR count). The van der Waals surface area contributed by atoms with Crippen LogP contribution in [0.2, 0.25) is 10.0 Å². The van der Waals surface area contributed by atoms with Crippen molar-refractivity contribution >= 4 is 23.2 Å². The standard InChI is InChI=1S/C15H23Cl2N3/c1-19-7-3-8-20(11-10-19)9-6-14(18)12-4-2-5-13(16)15(12)17/h2,4-5,14H,3,6-11,18H2,1H3. The maximum Gasteiger partial charge on any atom is 0.0640 e. The minimum Gasteiger partial charge on any atom is -0.324 e. The molecule has 1 fully saturated rings. The van der Waals surface area contributed by atoms with Crippen molar-refractivity contribution in [1.29, 1.82) is 0 Å². The predicted molar refractivity (Wildman–Crippen MR) is 86.6 cm³/mol. The Morgan fingerprint density at radius 3 is 2.80 bits per heavy atom. The summed E-state index contributed by atoms with van der Waals surface area (Å²) in [5, 5.41) is 1.17. The summed E-state index contributed by atoms with van der Waals surface area (Å²) in [6.45, 7) is 5.60. The van der Waals surface area contributed by atoms with Gasteiger partial charge in [-0.15, -0.1) is 0 Å². The van der Waals surface area contributed by atoms with E-state index in [0.717, 1.165) is 38.2 Å². The monoisotopic (exact) mass is 315 g/mol. The van der Waals surface area contributed by atoms with Gasteiger partial charge in [0, 0.05) is 19.1 Å². The zero-order valence-electron chi connectivity index (χ0n) is 12.0. The van der Waals surface area contributed by atoms with Gasteiger partial charge in [0.1, 0.15) is 0 Å². The molecule has 1 aliphatic rings. The Morgan fingerprint density at radius 1 is 1.20 bits per heavy atom. The normalized spacial score (nSPS) is 19.8. The minimum absolute atomic E-state index is 0.0535. The SMILES string of the molecule is CN1CCCN(CCC(N)c2cccc(Cl)c2Cl)CC1. The second-order valence-corrected chi connectivity index (χ2v) is 6.32. The van der Waals surface area contributed by atoms with Crippen molar-refractivity contribution in [2.75, 3.05) is 39.8 Å². The van der Waals surface area contributed by atoms with Crippen LogP contribution in [0, 0.1) is 0 Å². The number of halogens is 2. The largest absolute Gasteiger partial charge is 0.324 e. The highest BCUT2D eigenvalue weighted by Gasteiger charge is 2.16. The van der Waals surface area contributed by atoms with Crippen LogP contribution >= 0.6 is 23.2 Å². The molecule has 112 valence electrons. The fourth-order valence-electron chi connectivity index (χ4n) is 2.61. The summed E-state index contributed by atoms with van der Waals surface area (Å²) in [7, 11) is 2.18. The Morgan fingerprint density at radius 2 is 2.00 bits per heavy atom. The van der Waals surface area contributed by atoms with Crippen molar-refractivity contribution in [3.8, 4) is 0 Å². The highest BCUT2D eigenvalue weighted by molar-refractivity contribution is 6.42. The van der Waals surface area contributed by atoms with Crippen LogP contribution in [0.25, 0.3) is 0 Å². The van der Waals surface area contributed by atoms with Crippen LogP contribution < -0.4 is 5.73 Å². The average molecular weight is 316 g/mol. The molecule has 0 bridgehead atoms. The molecule has 0 saturated carbocycles. The second kappa shape index (κ2) is 7.62. The first kappa shape index (κ1) is 16.1. The summed E-state index contributed by atoms with van der Waals surface area (Å²) in [6.07, 6.45) is 2.13. The number of nitrogens with two attached hydrogens (primary N) is 1. The Kier molecular flexibility index (Phi) is 6.12. The maximum absolute atomic E-state index is 6.27. The van der Waals surface area contributed by atoms with E-state index in [-0.39, 0.29) is 6.04 Å². The third-order valence-electron chi connectivity index (χ3n) is 3.95. The Bertz CT molecular complexity index is 439. The van der Waals surface area contributed by atoms with Crippen molar-refractivity contribution in [2.24, 2.45) is 5.73 Å². The number of benzene rings is 1. The van der Waals surface area contributed by atoms with Crippen LogP contribution in [0.15, 0.2) is 18.2 Å². The van der Waals surface area contributed by atoms with E-state index in [9.17, 15) is 0 Å². The molecule has 2 N–H and O–H groups in total. The van der Waals surface area contributed by atoms with Crippen LogP contribution in [0.4, 0.5) is 0 Å². The summed E-state index contributed by atoms with van der Waals surface area (Å²) in [5.41, 5.74) is 7.22. The fraction of sp³-hybridized carbons (Fsp3) is 0.600. The highest BCUT2D eigenvalue weighted by Crippen LogP contribution is 2.30. The first-order chi connectivity index (χ1) is 9.58. The maximum atomic E-state index is 6.27. The summed E-state index contributed by atoms with van der Waals surface area (Å²) >= 11 is 12.3. The molecule has 0 aliphatic carbocycles. The molecule has 1 aromatic carbocycles. The molecule has 1 aromatic rings. The van der Waals surface area contributed by atoms with E-state index >= 15 is 0 Å². The summed E-state index contributed by atoms with van der Waals surface area (Å²) in [6, 6.07) is 5.62. The molecular formula is C15H23Cl2N3. The highest BCUT2D eigenvalue weighted by atomic mass is 35.5. The summed E-state index contributed by atoms with van der Waals surface area (Å²) < 4.78 is 0. The molecule has 20 heavy (non-hydrogen) atoms. The summed E-state index contributed by atoms with van der Waals surface area (Å²) in [5.74, 6) is 0. The predicted octanol–water partition coefficient (Wildman–Crippen LogP) is 3.02. The molecule has 1 aliphatic heterocycles. The first-order valence-corrected chi connectivity index (χ1v) is 7.94. The number of nitrogens with zero attached hydrogens (tertiary/aromatic N) is 2. The van der Waals surface area contributed by atoms with Gasteiger partial charge in [0.25, 0.3) is 0 Å². The van der Waals surface area contributed by atoms with Gasteiger partial charge < -0.3 is 15.5 Å². The van der Waals surface area contributed by atoms with E-state index in [1.54, 1.807) is 6.07 Å². The van der Waals surface area contributed by atoms with E-state index in [1.807, 2.05) is 12.1 Å². The molecule has 1 heterocycles. The molecule has 1 unspecified atom stereocenters. The molecular weight excluding hydrogens is 293 g/mol. The lowest BCUT2D eigenvalue weighted by atomic mass is 10.0. The molecule has 0 aromatic heterocycles. The van der Waals surface area contributed by atoms with Gasteiger partial charge in [-0.05, 0) is 51.2 Å². The second-order valence-electron chi connectivity index (χ2n) is 5.54. The van der Waals surface area contributed by atoms with Crippen molar-refractivity contribution in [3.63, 3.8) is 0 Å². The van der Waals surface area contributed by atoms with E-state index in [4.69, 9.17) is 28.9 Å². The van der Waals surface area contributed by atoms with Crippen molar-refractivity contribution in [3.05, 3.63) is 33.8 Å². The van der Waals surface area contributed by atoms with E-state index in [0.29, 0.717) is 10.0 Å². The lowest BCUT2D eigenvalue weighted by molar-refractivity contribution is 0.267. The number of hydrogen-bond donors (Lipinski definition) is 1. The van der Waals surface area contributed by atoms with E-state index in [2.05, 4.69) is 16.8 Å². The minimum atomic E-state index is -0.0535. The molecule has 0 amide bonds. The van der Waals surface area contributed by atoms with Crippen LogP contribution in [-0.2, 0) is 0 Å². The van der Waals surface area contributed by atoms with Gasteiger partial charge in [-0.2, -0.15) is 0 Å². The van der Waals surface area contributed by atoms with Gasteiger partial charge in [-0.25, -0.2) is 0 Å². The van der Waals surface area contributed by atoms with Crippen molar-refractivity contribution < 1.29 is 0 Å². The topological polar surface area (TPSA) is 32.5 Å². The molecule has 5 heteroatoms. The van der Waals surface area contributed by atoms with Gasteiger partial charge in [-0.3, -0.25) is 0 Å². The van der Waals surface area contributed by atoms with Crippen LogP contribution in [-0.4, -0.2) is 49.6 Å². The molecule has 0 radical (unpaired) electrons. The third-order valence-corrected chi connectivity index (χ3v) is 4.78. The number of rotatable bonds is 4. The molecule has 1 saturated heterocycles. The average Bonchev–Trinajstić information content (AvgIpc) is 2.64. The molecule has 3 nitrogen and oxygen atoms in total. The molecule has 1 atom stereocenters. The fourth-order valence-corrected chi connectivity index (χ4v) is 3.06. The van der Waals surface area contributed by atoms with E-state index in [1.165, 1.54) is 13.0 Å². The van der Waals surface area contributed by atoms with Crippen LogP contribution in [0.1, 0.15) is 24.4 Å². The van der Waals surface area contributed by atoms with Gasteiger partial charge in [0.2, 0.25) is 0 Å². The number of hydrogen-bond acceptors (Lipinski definition) is 3. The zero-order chi connectivity index (χ0) is 14.5. The summed E-state index contributed by atoms with van der Waals surface area (Å²) in [4.78, 5) is 4.87. The molecule has 0 spiro atoms. The lowest BCUT2D eigenvalue weighted by Crippen LogP contribution is -2.31. The third kappa shape index (κ3) is 4.34. The Hall–Kier alpha value is -0.320. The van der Waals surface area contributed by atoms with Crippen LogP contribution in [0.3, 0.4) is 0 Å². The first-order valence-electron chi connectivity index (χ1n) is 7.18. The Balaban J connectivity index is 1.88. The van der Waals surface area contributed by atoms with Crippen LogP contribution in [0.5, 0.6) is 0 Å². The van der Waals surface area contributed by atoms with Crippen molar-refractivity contribution in [1.82, 2.24) is 9.80 Å². The lowest BCUT2D eigenvalue weighted by Gasteiger charge is -2.22. The Labute approximate surface area is 131 Å². The van der Waals surface area contributed by atoms with Crippen molar-refractivity contribution in [2.45, 2.75) is 18.9 Å². The number of likely N-dealkylation sites (N-methyl/N-ethyl adjacent to an activating group) is 1. The van der Waals surface area contributed by atoms with E-state index < -0.39 is 0 Å². The zero-order valence-corrected chi connectivity index (χ0v) is 13.5. The van der Waals surface area contributed by atoms with Gasteiger partial charge in [0.05, 0.1) is 10.0 Å². The quantitative estimate of drug-likeness (QED) is 0.927.